The first-order chi connectivity index (χ1) is 8.84. The maximum Gasteiger partial charge on any atom is 0.306 e. The minimum Gasteiger partial charge on any atom is -0.481 e. The Hall–Kier alpha value is -0.650. The molecule has 0 saturated heterocycles. The topological polar surface area (TPSA) is 98.0 Å². The van der Waals surface area contributed by atoms with E-state index in [1.807, 2.05) is 6.92 Å². The summed E-state index contributed by atoms with van der Waals surface area (Å²) in [6.07, 6.45) is 4.37. The molecule has 1 unspecified atom stereocenters. The van der Waals surface area contributed by atoms with Crippen LogP contribution in [0.15, 0.2) is 0 Å². The number of rotatable bonds is 9. The molecule has 0 aromatic carbocycles. The van der Waals surface area contributed by atoms with Gasteiger partial charge in [-0.15, -0.1) is 0 Å². The highest BCUT2D eigenvalue weighted by Gasteiger charge is 2.17. The number of hydrogen-bond acceptors (Lipinski definition) is 4. The summed E-state index contributed by atoms with van der Waals surface area (Å²) in [5.74, 6) is -0.754. The summed E-state index contributed by atoms with van der Waals surface area (Å²) in [4.78, 5) is 10.4. The summed E-state index contributed by atoms with van der Waals surface area (Å²) in [6, 6.07) is 0. The van der Waals surface area contributed by atoms with Gasteiger partial charge in [-0.3, -0.25) is 4.79 Å². The molecule has 0 fully saturated rings. The van der Waals surface area contributed by atoms with Crippen LogP contribution in [0.1, 0.15) is 59.3 Å². The molecule has 0 aliphatic carbocycles. The van der Waals surface area contributed by atoms with Crippen molar-refractivity contribution in [2.75, 3.05) is 13.2 Å². The number of aliphatic hydroxyl groups excluding tert-OH is 2. The highest BCUT2D eigenvalue weighted by Crippen LogP contribution is 2.12. The van der Waals surface area contributed by atoms with Gasteiger partial charge < -0.3 is 20.4 Å². The number of carboxylic acid groups (broad SMARTS) is 1. The zero-order valence-electron chi connectivity index (χ0n) is 12.4. The summed E-state index contributed by atoms with van der Waals surface area (Å²) >= 11 is 0. The van der Waals surface area contributed by atoms with E-state index in [2.05, 4.69) is 6.92 Å². The zero-order chi connectivity index (χ0) is 15.3. The molecule has 0 aromatic heterocycles. The molecular weight excluding hydrogens is 248 g/mol. The molecule has 5 heteroatoms. The highest BCUT2D eigenvalue weighted by molar-refractivity contribution is 5.69. The van der Waals surface area contributed by atoms with Crippen LogP contribution >= 0.6 is 0 Å². The third-order valence-electron chi connectivity index (χ3n) is 3.05. The number of carboxylic acids is 1. The first-order valence-electron chi connectivity index (χ1n) is 7.01. The molecule has 0 rings (SSSR count). The van der Waals surface area contributed by atoms with Crippen molar-refractivity contribution in [2.24, 2.45) is 5.92 Å². The molecule has 116 valence electrons. The van der Waals surface area contributed by atoms with Gasteiger partial charge in [0, 0.05) is 13.2 Å². The van der Waals surface area contributed by atoms with Gasteiger partial charge in [-0.1, -0.05) is 26.7 Å². The number of carbonyl (C=O) groups is 1. The van der Waals surface area contributed by atoms with Crippen LogP contribution in [0.4, 0.5) is 0 Å². The second-order valence-electron chi connectivity index (χ2n) is 5.03. The molecular formula is C14H30O5. The maximum absolute atomic E-state index is 10.4. The van der Waals surface area contributed by atoms with Crippen LogP contribution in [-0.2, 0) is 4.79 Å². The molecule has 0 heterocycles. The molecule has 0 radical (unpaired) electrons. The van der Waals surface area contributed by atoms with E-state index >= 15 is 0 Å². The van der Waals surface area contributed by atoms with Crippen LogP contribution in [0.25, 0.3) is 0 Å². The summed E-state index contributed by atoms with van der Waals surface area (Å²) < 4.78 is 0. The van der Waals surface area contributed by atoms with Gasteiger partial charge in [0.15, 0.2) is 0 Å². The van der Waals surface area contributed by atoms with Gasteiger partial charge in [0.05, 0.1) is 11.5 Å². The van der Waals surface area contributed by atoms with E-state index < -0.39 is 11.6 Å². The van der Waals surface area contributed by atoms with Gasteiger partial charge in [-0.05, 0) is 32.6 Å². The molecule has 0 amide bonds. The standard InChI is InChI=1S/C8H16O2.C6H14O3/c1-3-5-6-7(4-2)8(9)10;1-6(9,2-4-7)3-5-8/h7H,3-6H2,1-2H3,(H,9,10);7-9H,2-5H2,1H3. The lowest BCUT2D eigenvalue weighted by atomic mass is 10.00. The van der Waals surface area contributed by atoms with Crippen molar-refractivity contribution < 1.29 is 25.2 Å². The second kappa shape index (κ2) is 12.4. The average molecular weight is 278 g/mol. The third kappa shape index (κ3) is 13.6. The Balaban J connectivity index is 0. The van der Waals surface area contributed by atoms with Crippen molar-refractivity contribution in [3.05, 3.63) is 0 Å². The van der Waals surface area contributed by atoms with Crippen LogP contribution < -0.4 is 0 Å². The van der Waals surface area contributed by atoms with Crippen molar-refractivity contribution in [1.29, 1.82) is 0 Å². The Kier molecular flexibility index (Phi) is 13.5. The van der Waals surface area contributed by atoms with Crippen LogP contribution in [0, 0.1) is 5.92 Å². The second-order valence-corrected chi connectivity index (χ2v) is 5.03. The molecule has 0 bridgehead atoms. The fraction of sp³-hybridized carbons (Fsp3) is 0.929. The van der Waals surface area contributed by atoms with E-state index in [0.717, 1.165) is 25.7 Å². The predicted molar refractivity (Wildman–Crippen MR) is 75.0 cm³/mol. The van der Waals surface area contributed by atoms with Gasteiger partial charge in [-0.25, -0.2) is 0 Å². The van der Waals surface area contributed by atoms with Crippen molar-refractivity contribution in [2.45, 2.75) is 64.9 Å². The van der Waals surface area contributed by atoms with Crippen molar-refractivity contribution >= 4 is 5.97 Å². The molecule has 5 nitrogen and oxygen atoms in total. The van der Waals surface area contributed by atoms with E-state index in [9.17, 15) is 9.90 Å². The van der Waals surface area contributed by atoms with Crippen molar-refractivity contribution in [3.63, 3.8) is 0 Å². The van der Waals surface area contributed by atoms with Gasteiger partial charge in [0.2, 0.25) is 0 Å². The summed E-state index contributed by atoms with van der Waals surface area (Å²) in [5, 5.41) is 34.6. The van der Waals surface area contributed by atoms with Crippen molar-refractivity contribution in [3.8, 4) is 0 Å². The monoisotopic (exact) mass is 278 g/mol. The van der Waals surface area contributed by atoms with Crippen LogP contribution in [0.5, 0.6) is 0 Å². The highest BCUT2D eigenvalue weighted by atomic mass is 16.4. The van der Waals surface area contributed by atoms with Gasteiger partial charge >= 0.3 is 5.97 Å². The van der Waals surface area contributed by atoms with E-state index in [-0.39, 0.29) is 19.1 Å². The molecule has 19 heavy (non-hydrogen) atoms. The summed E-state index contributed by atoms with van der Waals surface area (Å²) in [7, 11) is 0. The van der Waals surface area contributed by atoms with E-state index in [0.29, 0.717) is 12.8 Å². The molecule has 0 saturated carbocycles. The average Bonchev–Trinajstić information content (AvgIpc) is 2.30. The first-order valence-corrected chi connectivity index (χ1v) is 7.01. The number of unbranched alkanes of at least 4 members (excludes halogenated alkanes) is 1. The fourth-order valence-electron chi connectivity index (χ4n) is 1.56. The zero-order valence-corrected chi connectivity index (χ0v) is 12.4. The van der Waals surface area contributed by atoms with E-state index in [1.165, 1.54) is 0 Å². The Morgan fingerprint density at radius 1 is 1.16 bits per heavy atom. The summed E-state index contributed by atoms with van der Waals surface area (Å²) in [6.45, 7) is 5.53. The van der Waals surface area contributed by atoms with Crippen molar-refractivity contribution in [1.82, 2.24) is 0 Å². The molecule has 0 spiro atoms. The molecule has 0 aliphatic rings. The Morgan fingerprint density at radius 2 is 1.63 bits per heavy atom. The largest absolute Gasteiger partial charge is 0.481 e. The number of aliphatic hydroxyl groups is 3. The molecule has 4 N–H and O–H groups in total. The SMILES string of the molecule is CC(O)(CCO)CCO.CCCCC(CC)C(=O)O. The Labute approximate surface area is 116 Å². The Bertz CT molecular complexity index is 208. The van der Waals surface area contributed by atoms with Crippen LogP contribution in [0.3, 0.4) is 0 Å². The molecule has 0 aliphatic heterocycles. The number of hydrogen-bond donors (Lipinski definition) is 4. The lowest BCUT2D eigenvalue weighted by molar-refractivity contribution is -0.142. The maximum atomic E-state index is 10.4. The first kappa shape index (κ1) is 20.7. The van der Waals surface area contributed by atoms with E-state index in [4.69, 9.17) is 15.3 Å². The lowest BCUT2D eigenvalue weighted by Gasteiger charge is -2.20. The smallest absolute Gasteiger partial charge is 0.306 e. The van der Waals surface area contributed by atoms with Gasteiger partial charge in [0.1, 0.15) is 0 Å². The Morgan fingerprint density at radius 3 is 1.89 bits per heavy atom. The molecule has 1 atom stereocenters. The number of aliphatic carboxylic acids is 1. The van der Waals surface area contributed by atoms with Crippen LogP contribution in [0.2, 0.25) is 0 Å². The third-order valence-corrected chi connectivity index (χ3v) is 3.05. The quantitative estimate of drug-likeness (QED) is 0.515. The summed E-state index contributed by atoms with van der Waals surface area (Å²) in [5.41, 5.74) is -0.899. The molecule has 0 aromatic rings. The fourth-order valence-corrected chi connectivity index (χ4v) is 1.56. The minimum atomic E-state index is -0.899. The minimum absolute atomic E-state index is 0.0347. The predicted octanol–water partition coefficient (Wildman–Crippen LogP) is 1.79. The normalized spacial score (nSPS) is 12.5. The van der Waals surface area contributed by atoms with Gasteiger partial charge in [0.25, 0.3) is 0 Å². The van der Waals surface area contributed by atoms with Gasteiger partial charge in [-0.2, -0.15) is 0 Å². The van der Waals surface area contributed by atoms with Crippen LogP contribution in [-0.4, -0.2) is 45.2 Å². The van der Waals surface area contributed by atoms with E-state index in [1.54, 1.807) is 6.92 Å². The lowest BCUT2D eigenvalue weighted by Crippen LogP contribution is -2.26.